The monoisotopic (exact) mass is 233 g/mol. The van der Waals surface area contributed by atoms with Gasteiger partial charge in [-0.1, -0.05) is 0 Å². The summed E-state index contributed by atoms with van der Waals surface area (Å²) in [5.41, 5.74) is 0.136. The molecular weight excluding hydrogens is 229 g/mol. The number of esters is 1. The van der Waals surface area contributed by atoms with Crippen molar-refractivity contribution in [2.24, 2.45) is 0 Å². The van der Waals surface area contributed by atoms with Crippen molar-refractivity contribution in [3.63, 3.8) is 0 Å². The number of hydrogen-bond donors (Lipinski definition) is 0. The first-order chi connectivity index (χ1) is 5.63. The molecular formula is C7H5BrFNO2. The zero-order chi connectivity index (χ0) is 9.14. The van der Waals surface area contributed by atoms with E-state index in [0.29, 0.717) is 0 Å². The smallest absolute Gasteiger partial charge is 0.338 e. The SMILES string of the molecule is COC(=O)c1cc(F)nc(Br)c1. The molecule has 5 heteroatoms. The van der Waals surface area contributed by atoms with Crippen molar-refractivity contribution in [2.75, 3.05) is 7.11 Å². The van der Waals surface area contributed by atoms with Crippen LogP contribution in [-0.2, 0) is 4.74 Å². The van der Waals surface area contributed by atoms with Crippen molar-refractivity contribution in [3.05, 3.63) is 28.2 Å². The van der Waals surface area contributed by atoms with Gasteiger partial charge in [-0.2, -0.15) is 4.39 Å². The molecule has 0 saturated carbocycles. The summed E-state index contributed by atoms with van der Waals surface area (Å²) in [7, 11) is 1.23. The number of nitrogens with zero attached hydrogens (tertiary/aromatic N) is 1. The molecule has 0 amide bonds. The number of methoxy groups -OCH3 is 1. The molecule has 0 aliphatic heterocycles. The minimum absolute atomic E-state index is 0.136. The molecule has 0 spiro atoms. The lowest BCUT2D eigenvalue weighted by Crippen LogP contribution is -2.02. The number of halogens is 2. The maximum absolute atomic E-state index is 12.6. The Morgan fingerprint density at radius 3 is 2.83 bits per heavy atom. The molecule has 0 bridgehead atoms. The van der Waals surface area contributed by atoms with E-state index in [0.717, 1.165) is 6.07 Å². The lowest BCUT2D eigenvalue weighted by Gasteiger charge is -1.98. The molecule has 1 aromatic heterocycles. The molecule has 0 fully saturated rings. The quantitative estimate of drug-likeness (QED) is 0.549. The van der Waals surface area contributed by atoms with E-state index in [1.54, 1.807) is 0 Å². The van der Waals surface area contributed by atoms with E-state index in [4.69, 9.17) is 0 Å². The molecule has 1 aromatic rings. The number of pyridine rings is 1. The van der Waals surface area contributed by atoms with Crippen LogP contribution >= 0.6 is 15.9 Å². The lowest BCUT2D eigenvalue weighted by molar-refractivity contribution is 0.0600. The molecule has 0 aliphatic rings. The third kappa shape index (κ3) is 2.01. The van der Waals surface area contributed by atoms with Crippen molar-refractivity contribution in [1.29, 1.82) is 0 Å². The van der Waals surface area contributed by atoms with Gasteiger partial charge in [0, 0.05) is 6.07 Å². The average molecular weight is 234 g/mol. The molecule has 0 aliphatic carbocycles. The number of hydrogen-bond acceptors (Lipinski definition) is 3. The highest BCUT2D eigenvalue weighted by Crippen LogP contribution is 2.11. The zero-order valence-electron chi connectivity index (χ0n) is 6.17. The van der Waals surface area contributed by atoms with Gasteiger partial charge in [0.2, 0.25) is 5.95 Å². The molecule has 1 heterocycles. The van der Waals surface area contributed by atoms with E-state index in [2.05, 4.69) is 25.7 Å². The summed E-state index contributed by atoms with van der Waals surface area (Å²) < 4.78 is 17.2. The Morgan fingerprint density at radius 1 is 1.67 bits per heavy atom. The van der Waals surface area contributed by atoms with Gasteiger partial charge in [-0.25, -0.2) is 9.78 Å². The van der Waals surface area contributed by atoms with E-state index in [1.807, 2.05) is 0 Å². The number of aromatic nitrogens is 1. The summed E-state index contributed by atoms with van der Waals surface area (Å²) in [4.78, 5) is 14.3. The van der Waals surface area contributed by atoms with E-state index >= 15 is 0 Å². The number of carbonyl (C=O) groups excluding carboxylic acids is 1. The summed E-state index contributed by atoms with van der Waals surface area (Å²) in [6.45, 7) is 0. The van der Waals surface area contributed by atoms with Gasteiger partial charge in [0.1, 0.15) is 4.60 Å². The fourth-order valence-electron chi connectivity index (χ4n) is 0.701. The van der Waals surface area contributed by atoms with Crippen LogP contribution in [0.4, 0.5) is 4.39 Å². The Kier molecular flexibility index (Phi) is 2.75. The molecule has 0 N–H and O–H groups in total. The highest BCUT2D eigenvalue weighted by Gasteiger charge is 2.08. The summed E-state index contributed by atoms with van der Waals surface area (Å²) >= 11 is 2.95. The van der Waals surface area contributed by atoms with Crippen LogP contribution in [-0.4, -0.2) is 18.1 Å². The largest absolute Gasteiger partial charge is 0.465 e. The zero-order valence-corrected chi connectivity index (χ0v) is 7.76. The first-order valence-corrected chi connectivity index (χ1v) is 3.84. The van der Waals surface area contributed by atoms with Crippen molar-refractivity contribution in [2.45, 2.75) is 0 Å². The van der Waals surface area contributed by atoms with Crippen molar-refractivity contribution < 1.29 is 13.9 Å². The highest BCUT2D eigenvalue weighted by atomic mass is 79.9. The minimum atomic E-state index is -0.718. The summed E-state index contributed by atoms with van der Waals surface area (Å²) in [5, 5.41) is 0. The fourth-order valence-corrected chi connectivity index (χ4v) is 1.12. The van der Waals surface area contributed by atoms with Gasteiger partial charge < -0.3 is 4.74 Å². The van der Waals surface area contributed by atoms with Crippen molar-refractivity contribution in [1.82, 2.24) is 4.98 Å². The average Bonchev–Trinajstić information content (AvgIpc) is 2.01. The maximum atomic E-state index is 12.6. The second kappa shape index (κ2) is 3.62. The third-order valence-corrected chi connectivity index (χ3v) is 1.59. The number of rotatable bonds is 1. The van der Waals surface area contributed by atoms with Crippen LogP contribution < -0.4 is 0 Å². The van der Waals surface area contributed by atoms with Gasteiger partial charge in [0.15, 0.2) is 0 Å². The standard InChI is InChI=1S/C7H5BrFNO2/c1-12-7(11)4-2-5(8)10-6(9)3-4/h2-3H,1H3. The molecule has 0 saturated heterocycles. The molecule has 0 aromatic carbocycles. The highest BCUT2D eigenvalue weighted by molar-refractivity contribution is 9.10. The molecule has 0 radical (unpaired) electrons. The normalized spacial score (nSPS) is 9.58. The van der Waals surface area contributed by atoms with Crippen LogP contribution in [0.1, 0.15) is 10.4 Å². The van der Waals surface area contributed by atoms with E-state index in [1.165, 1.54) is 13.2 Å². The Labute approximate surface area is 76.7 Å². The first kappa shape index (κ1) is 9.12. The van der Waals surface area contributed by atoms with Crippen LogP contribution in [0.25, 0.3) is 0 Å². The Bertz CT molecular complexity index is 296. The predicted octanol–water partition coefficient (Wildman–Crippen LogP) is 1.77. The van der Waals surface area contributed by atoms with E-state index in [-0.39, 0.29) is 10.2 Å². The van der Waals surface area contributed by atoms with Gasteiger partial charge >= 0.3 is 5.97 Å². The topological polar surface area (TPSA) is 39.2 Å². The Hall–Kier alpha value is -0.970. The van der Waals surface area contributed by atoms with Crippen LogP contribution in [0, 0.1) is 5.95 Å². The Balaban J connectivity index is 3.08. The molecule has 3 nitrogen and oxygen atoms in total. The fraction of sp³-hybridized carbons (Fsp3) is 0.143. The van der Waals surface area contributed by atoms with Crippen LogP contribution in [0.3, 0.4) is 0 Å². The van der Waals surface area contributed by atoms with Gasteiger partial charge in [0.05, 0.1) is 12.7 Å². The molecule has 12 heavy (non-hydrogen) atoms. The first-order valence-electron chi connectivity index (χ1n) is 3.05. The van der Waals surface area contributed by atoms with Crippen molar-refractivity contribution >= 4 is 21.9 Å². The molecule has 0 unspecified atom stereocenters. The molecule has 1 rings (SSSR count). The number of carbonyl (C=O) groups is 1. The van der Waals surface area contributed by atoms with Gasteiger partial charge in [-0.15, -0.1) is 0 Å². The van der Waals surface area contributed by atoms with Gasteiger partial charge in [-0.3, -0.25) is 0 Å². The van der Waals surface area contributed by atoms with Crippen molar-refractivity contribution in [3.8, 4) is 0 Å². The third-order valence-electron chi connectivity index (χ3n) is 1.18. The van der Waals surface area contributed by atoms with E-state index < -0.39 is 11.9 Å². The molecule has 64 valence electrons. The summed E-state index contributed by atoms with van der Waals surface area (Å²) in [5.74, 6) is -1.30. The second-order valence-electron chi connectivity index (χ2n) is 1.99. The maximum Gasteiger partial charge on any atom is 0.338 e. The van der Waals surface area contributed by atoms with E-state index in [9.17, 15) is 9.18 Å². The van der Waals surface area contributed by atoms with Crippen LogP contribution in [0.15, 0.2) is 16.7 Å². The summed E-state index contributed by atoms with van der Waals surface area (Å²) in [6.07, 6.45) is 0. The van der Waals surface area contributed by atoms with Gasteiger partial charge in [-0.05, 0) is 22.0 Å². The second-order valence-corrected chi connectivity index (χ2v) is 2.81. The Morgan fingerprint density at radius 2 is 2.33 bits per heavy atom. The van der Waals surface area contributed by atoms with Gasteiger partial charge in [0.25, 0.3) is 0 Å². The minimum Gasteiger partial charge on any atom is -0.465 e. The lowest BCUT2D eigenvalue weighted by atomic mass is 10.3. The molecule has 0 atom stereocenters. The summed E-state index contributed by atoms with van der Waals surface area (Å²) in [6, 6.07) is 2.39. The number of ether oxygens (including phenoxy) is 1. The van der Waals surface area contributed by atoms with Crippen LogP contribution in [0.5, 0.6) is 0 Å². The van der Waals surface area contributed by atoms with Crippen LogP contribution in [0.2, 0.25) is 0 Å². The predicted molar refractivity (Wildman–Crippen MR) is 43.2 cm³/mol.